The van der Waals surface area contributed by atoms with E-state index >= 15 is 0 Å². The first-order valence-corrected chi connectivity index (χ1v) is 23.8. The number of anilines is 3. The van der Waals surface area contributed by atoms with Crippen LogP contribution >= 0.6 is 0 Å². The molecule has 0 N–H and O–H groups in total. The fourth-order valence-corrected chi connectivity index (χ4v) is 11.4. The molecule has 11 aromatic carbocycles. The minimum Gasteiger partial charge on any atom is -0.310 e. The molecular weight excluding hydrogens is 833 g/mol. The van der Waals surface area contributed by atoms with E-state index < -0.39 is 5.41 Å². The molecule has 324 valence electrons. The molecule has 0 fully saturated rings. The van der Waals surface area contributed by atoms with Crippen molar-refractivity contribution in [2.75, 3.05) is 4.90 Å². The average Bonchev–Trinajstić information content (AvgIpc) is 3.93. The van der Waals surface area contributed by atoms with Crippen LogP contribution in [0.5, 0.6) is 0 Å². The number of rotatable bonds is 9. The normalized spacial score (nSPS) is 12.5. The Morgan fingerprint density at radius 2 is 0.841 bits per heavy atom. The lowest BCUT2D eigenvalue weighted by atomic mass is 9.67. The maximum Gasteiger partial charge on any atom is 0.0713 e. The van der Waals surface area contributed by atoms with E-state index in [-0.39, 0.29) is 0 Å². The Kier molecular flexibility index (Phi) is 9.77. The summed E-state index contributed by atoms with van der Waals surface area (Å²) in [4.78, 5) is 2.48. The fourth-order valence-electron chi connectivity index (χ4n) is 11.4. The number of nitrogens with zero attached hydrogens (tertiary/aromatic N) is 2. The molecule has 69 heavy (non-hydrogen) atoms. The highest BCUT2D eigenvalue weighted by molar-refractivity contribution is 6.17. The molecule has 0 amide bonds. The summed E-state index contributed by atoms with van der Waals surface area (Å²) in [6.07, 6.45) is 0. The van der Waals surface area contributed by atoms with Gasteiger partial charge in [-0.15, -0.1) is 0 Å². The van der Waals surface area contributed by atoms with Gasteiger partial charge in [0.15, 0.2) is 0 Å². The van der Waals surface area contributed by atoms with Gasteiger partial charge >= 0.3 is 0 Å². The Balaban J connectivity index is 1.14. The van der Waals surface area contributed by atoms with E-state index in [2.05, 4.69) is 289 Å². The zero-order chi connectivity index (χ0) is 45.7. The predicted molar refractivity (Wildman–Crippen MR) is 289 cm³/mol. The minimum absolute atomic E-state index is 0.546. The Morgan fingerprint density at radius 3 is 1.52 bits per heavy atom. The molecule has 0 bridgehead atoms. The number of para-hydroxylation sites is 3. The lowest BCUT2D eigenvalue weighted by Crippen LogP contribution is -2.28. The van der Waals surface area contributed by atoms with Gasteiger partial charge in [0, 0.05) is 27.8 Å². The molecule has 0 aliphatic heterocycles. The molecule has 2 heteroatoms. The molecule has 12 aromatic rings. The van der Waals surface area contributed by atoms with Crippen LogP contribution in [0.1, 0.15) is 22.3 Å². The third-order valence-electron chi connectivity index (χ3n) is 14.2. The lowest BCUT2D eigenvalue weighted by molar-refractivity contribution is 0.769. The van der Waals surface area contributed by atoms with E-state index in [1.807, 2.05) is 0 Å². The first-order chi connectivity index (χ1) is 34.3. The Hall–Kier alpha value is -8.98. The Morgan fingerprint density at radius 1 is 0.319 bits per heavy atom. The Labute approximate surface area is 403 Å². The quantitative estimate of drug-likeness (QED) is 0.140. The number of hydrogen-bond acceptors (Lipinski definition) is 1. The van der Waals surface area contributed by atoms with Crippen LogP contribution in [-0.4, -0.2) is 4.57 Å². The highest BCUT2D eigenvalue weighted by Crippen LogP contribution is 2.58. The molecule has 0 saturated carbocycles. The third kappa shape index (κ3) is 6.48. The van der Waals surface area contributed by atoms with E-state index in [9.17, 15) is 0 Å². The number of fused-ring (bicyclic) bond motifs is 6. The largest absolute Gasteiger partial charge is 0.310 e. The summed E-state index contributed by atoms with van der Waals surface area (Å²) < 4.78 is 2.41. The Bertz CT molecular complexity index is 3770. The number of aromatic nitrogens is 1. The van der Waals surface area contributed by atoms with Crippen LogP contribution in [0.3, 0.4) is 0 Å². The van der Waals surface area contributed by atoms with Crippen LogP contribution in [0.2, 0.25) is 0 Å². The number of benzene rings is 11. The molecule has 0 atom stereocenters. The van der Waals surface area contributed by atoms with Crippen molar-refractivity contribution in [2.24, 2.45) is 0 Å². The highest BCUT2D eigenvalue weighted by atomic mass is 15.1. The summed E-state index contributed by atoms with van der Waals surface area (Å²) in [5, 5.41) is 2.40. The predicted octanol–water partition coefficient (Wildman–Crippen LogP) is 17.6. The zero-order valence-corrected chi connectivity index (χ0v) is 38.0. The molecule has 1 aromatic heterocycles. The maximum absolute atomic E-state index is 2.51. The highest BCUT2D eigenvalue weighted by Gasteiger charge is 2.46. The summed E-state index contributed by atoms with van der Waals surface area (Å²) in [5.74, 6) is 0. The third-order valence-corrected chi connectivity index (χ3v) is 14.2. The van der Waals surface area contributed by atoms with Gasteiger partial charge in [-0.3, -0.25) is 0 Å². The second kappa shape index (κ2) is 16.7. The van der Waals surface area contributed by atoms with Gasteiger partial charge in [-0.2, -0.15) is 0 Å². The van der Waals surface area contributed by atoms with Crippen molar-refractivity contribution >= 4 is 38.9 Å². The molecule has 0 saturated heterocycles. The molecule has 1 heterocycles. The minimum atomic E-state index is -0.546. The molecule has 0 unspecified atom stereocenters. The topological polar surface area (TPSA) is 8.17 Å². The van der Waals surface area contributed by atoms with Crippen molar-refractivity contribution in [3.63, 3.8) is 0 Å². The van der Waals surface area contributed by atoms with Gasteiger partial charge in [0.05, 0.1) is 22.1 Å². The molecule has 0 spiro atoms. The summed E-state index contributed by atoms with van der Waals surface area (Å²) in [6, 6.07) is 103. The second-order valence-electron chi connectivity index (χ2n) is 18.0. The lowest BCUT2D eigenvalue weighted by Gasteiger charge is -2.34. The van der Waals surface area contributed by atoms with Gasteiger partial charge in [0.2, 0.25) is 0 Å². The second-order valence-corrected chi connectivity index (χ2v) is 18.0. The molecule has 13 rings (SSSR count). The van der Waals surface area contributed by atoms with Gasteiger partial charge in [-0.05, 0) is 127 Å². The standard InChI is InChI=1S/C67H46N2/c1-7-24-47(25-8-1)58-45-54(68(52-32-15-5-16-33-52)63-40-23-41-64-66(63)57-37-20-22-39-62(57)69(64)53-34-17-6-18-35-53)46-59(65(58)48-26-9-2-10-27-48)49-42-43-56-55-36-19-21-38-60(55)67(61(56)44-49,50-28-11-3-12-29-50)51-30-13-4-14-31-51/h1-46H. The van der Waals surface area contributed by atoms with Crippen LogP contribution in [0.25, 0.3) is 72.0 Å². The van der Waals surface area contributed by atoms with Crippen LogP contribution in [-0.2, 0) is 5.41 Å². The van der Waals surface area contributed by atoms with Crippen molar-refractivity contribution < 1.29 is 0 Å². The summed E-state index contributed by atoms with van der Waals surface area (Å²) in [7, 11) is 0. The fraction of sp³-hybridized carbons (Fsp3) is 0.0149. The molecule has 2 nitrogen and oxygen atoms in total. The van der Waals surface area contributed by atoms with Crippen LogP contribution < -0.4 is 4.90 Å². The van der Waals surface area contributed by atoms with Gasteiger partial charge < -0.3 is 9.47 Å². The first kappa shape index (κ1) is 40.3. The van der Waals surface area contributed by atoms with E-state index in [0.717, 1.165) is 50.5 Å². The first-order valence-electron chi connectivity index (χ1n) is 23.8. The van der Waals surface area contributed by atoms with Gasteiger partial charge in [0.1, 0.15) is 0 Å². The van der Waals surface area contributed by atoms with Crippen molar-refractivity contribution in [1.82, 2.24) is 4.57 Å². The summed E-state index contributed by atoms with van der Waals surface area (Å²) >= 11 is 0. The van der Waals surface area contributed by atoms with E-state index in [1.54, 1.807) is 0 Å². The molecule has 0 radical (unpaired) electrons. The average molecular weight is 879 g/mol. The summed E-state index contributed by atoms with van der Waals surface area (Å²) in [5.41, 5.74) is 20.8. The molecule has 1 aliphatic rings. The van der Waals surface area contributed by atoms with Crippen molar-refractivity contribution in [2.45, 2.75) is 5.41 Å². The van der Waals surface area contributed by atoms with Crippen LogP contribution in [0.15, 0.2) is 279 Å². The van der Waals surface area contributed by atoms with Crippen LogP contribution in [0.4, 0.5) is 17.1 Å². The maximum atomic E-state index is 2.51. The van der Waals surface area contributed by atoms with Crippen molar-refractivity contribution in [1.29, 1.82) is 0 Å². The van der Waals surface area contributed by atoms with E-state index in [4.69, 9.17) is 0 Å². The number of hydrogen-bond donors (Lipinski definition) is 0. The molecular formula is C67H46N2. The smallest absolute Gasteiger partial charge is 0.0713 e. The van der Waals surface area contributed by atoms with Crippen molar-refractivity contribution in [3.8, 4) is 50.2 Å². The zero-order valence-electron chi connectivity index (χ0n) is 38.0. The van der Waals surface area contributed by atoms with Gasteiger partial charge in [0.25, 0.3) is 0 Å². The van der Waals surface area contributed by atoms with Crippen LogP contribution in [0, 0.1) is 0 Å². The monoisotopic (exact) mass is 878 g/mol. The van der Waals surface area contributed by atoms with Gasteiger partial charge in [-0.1, -0.05) is 218 Å². The van der Waals surface area contributed by atoms with Crippen molar-refractivity contribution in [3.05, 3.63) is 301 Å². The van der Waals surface area contributed by atoms with Gasteiger partial charge in [-0.25, -0.2) is 0 Å². The van der Waals surface area contributed by atoms with E-state index in [1.165, 1.54) is 60.8 Å². The summed E-state index contributed by atoms with van der Waals surface area (Å²) in [6.45, 7) is 0. The molecule has 1 aliphatic carbocycles. The SMILES string of the molecule is c1ccc(-c2cc(N(c3ccccc3)c3cccc4c3c3ccccc3n4-c3ccccc3)cc(-c3ccc4c(c3)C(c3ccccc3)(c3ccccc3)c3ccccc3-4)c2-c2ccccc2)cc1. The van der Waals surface area contributed by atoms with E-state index in [0.29, 0.717) is 0 Å².